The number of hydrogen-bond acceptors (Lipinski definition) is 3. The van der Waals surface area contributed by atoms with E-state index in [1.807, 2.05) is 19.1 Å². The summed E-state index contributed by atoms with van der Waals surface area (Å²) < 4.78 is 41.0. The van der Waals surface area contributed by atoms with Crippen LogP contribution in [0.15, 0.2) is 65.8 Å². The number of alkyl halides is 3. The number of benzene rings is 2. The molecule has 0 saturated carbocycles. The van der Waals surface area contributed by atoms with Gasteiger partial charge in [-0.2, -0.15) is 18.3 Å². The van der Waals surface area contributed by atoms with Gasteiger partial charge >= 0.3 is 6.18 Å². The maximum absolute atomic E-state index is 12.8. The van der Waals surface area contributed by atoms with E-state index in [9.17, 15) is 13.2 Å². The van der Waals surface area contributed by atoms with E-state index in [-0.39, 0.29) is 0 Å². The highest BCUT2D eigenvalue weighted by Crippen LogP contribution is 2.43. The van der Waals surface area contributed by atoms with Crippen molar-refractivity contribution in [2.75, 3.05) is 12.0 Å². The summed E-state index contributed by atoms with van der Waals surface area (Å²) >= 11 is 0. The second-order valence-electron chi connectivity index (χ2n) is 9.07. The molecule has 2 N–H and O–H groups in total. The molecule has 1 aromatic heterocycles. The van der Waals surface area contributed by atoms with Gasteiger partial charge in [-0.3, -0.25) is 5.43 Å². The van der Waals surface area contributed by atoms with Crippen LogP contribution in [-0.2, 0) is 12.6 Å². The second-order valence-corrected chi connectivity index (χ2v) is 9.07. The van der Waals surface area contributed by atoms with Crippen molar-refractivity contribution in [2.24, 2.45) is 5.10 Å². The van der Waals surface area contributed by atoms with E-state index in [4.69, 9.17) is 0 Å². The summed E-state index contributed by atoms with van der Waals surface area (Å²) in [4.78, 5) is 0. The molecule has 34 heavy (non-hydrogen) atoms. The number of para-hydroxylation sites is 1. The Balaban J connectivity index is 1.34. The van der Waals surface area contributed by atoms with Crippen molar-refractivity contribution in [3.63, 3.8) is 0 Å². The van der Waals surface area contributed by atoms with Gasteiger partial charge in [-0.15, -0.1) is 0 Å². The molecule has 2 atom stereocenters. The maximum Gasteiger partial charge on any atom is 0.416 e. The summed E-state index contributed by atoms with van der Waals surface area (Å²) in [6.07, 6.45) is 4.61. The Morgan fingerprint density at radius 2 is 1.94 bits per heavy atom. The van der Waals surface area contributed by atoms with Crippen LogP contribution in [0.5, 0.6) is 0 Å². The van der Waals surface area contributed by atoms with Gasteiger partial charge in [0.05, 0.1) is 17.0 Å². The fraction of sp³-hybridized carbons (Fsp3) is 0.370. The Labute approximate surface area is 197 Å². The maximum atomic E-state index is 12.8. The molecule has 2 aliphatic rings. The van der Waals surface area contributed by atoms with Crippen LogP contribution >= 0.6 is 0 Å². The number of allylic oxidation sites excluding steroid dienone is 2. The van der Waals surface area contributed by atoms with Crippen LogP contribution in [0.2, 0.25) is 0 Å². The van der Waals surface area contributed by atoms with E-state index in [0.29, 0.717) is 17.8 Å². The number of anilines is 1. The Hall–Kier alpha value is -3.06. The fourth-order valence-electron chi connectivity index (χ4n) is 5.41. The number of hydrazone groups is 1. The second kappa shape index (κ2) is 9.29. The summed E-state index contributed by atoms with van der Waals surface area (Å²) in [5, 5.41) is 9.58. The normalized spacial score (nSPS) is 20.6. The molecule has 0 fully saturated rings. The van der Waals surface area contributed by atoms with E-state index < -0.39 is 11.7 Å². The smallest absolute Gasteiger partial charge is 0.340 e. The van der Waals surface area contributed by atoms with Gasteiger partial charge in [0.25, 0.3) is 0 Å². The monoisotopic (exact) mass is 466 g/mol. The highest BCUT2D eigenvalue weighted by atomic mass is 19.4. The first-order valence-corrected chi connectivity index (χ1v) is 11.9. The first-order valence-electron chi connectivity index (χ1n) is 11.9. The molecule has 3 aromatic rings. The van der Waals surface area contributed by atoms with Crippen LogP contribution in [0.1, 0.15) is 61.5 Å². The van der Waals surface area contributed by atoms with Gasteiger partial charge in [-0.25, -0.2) is 0 Å². The predicted molar refractivity (Wildman–Crippen MR) is 131 cm³/mol. The average Bonchev–Trinajstić information content (AvgIpc) is 3.18. The minimum atomic E-state index is -4.34. The lowest BCUT2D eigenvalue weighted by atomic mass is 9.90. The third-order valence-corrected chi connectivity index (χ3v) is 6.94. The van der Waals surface area contributed by atoms with Crippen molar-refractivity contribution in [1.29, 1.82) is 0 Å². The number of nitrogens with zero attached hydrogens (tertiary/aromatic N) is 2. The average molecular weight is 467 g/mol. The quantitative estimate of drug-likeness (QED) is 0.303. The fourth-order valence-corrected chi connectivity index (χ4v) is 5.41. The van der Waals surface area contributed by atoms with Crippen LogP contribution in [0, 0.1) is 0 Å². The molecule has 178 valence electrons. The van der Waals surface area contributed by atoms with Crippen molar-refractivity contribution < 1.29 is 13.2 Å². The molecule has 0 aliphatic carbocycles. The Morgan fingerprint density at radius 1 is 1.15 bits per heavy atom. The van der Waals surface area contributed by atoms with E-state index in [1.165, 1.54) is 34.3 Å². The summed E-state index contributed by atoms with van der Waals surface area (Å²) in [5.74, 6) is 0. The van der Waals surface area contributed by atoms with E-state index in [2.05, 4.69) is 44.7 Å². The molecular formula is C27H29F3N4. The van der Waals surface area contributed by atoms with Crippen molar-refractivity contribution in [3.8, 4) is 0 Å². The summed E-state index contributed by atoms with van der Waals surface area (Å²) in [6, 6.07) is 14.5. The molecule has 4 nitrogen and oxygen atoms in total. The number of nitrogens with one attached hydrogen (secondary N) is 2. The van der Waals surface area contributed by atoms with Gasteiger partial charge < -0.3 is 9.88 Å². The number of fused-ring (bicyclic) bond motifs is 3. The lowest BCUT2D eigenvalue weighted by Gasteiger charge is -2.36. The lowest BCUT2D eigenvalue weighted by molar-refractivity contribution is -0.137. The van der Waals surface area contributed by atoms with E-state index in [1.54, 1.807) is 0 Å². The van der Waals surface area contributed by atoms with Gasteiger partial charge in [0.2, 0.25) is 0 Å². The van der Waals surface area contributed by atoms with Crippen molar-refractivity contribution in [2.45, 2.75) is 57.3 Å². The summed E-state index contributed by atoms with van der Waals surface area (Å²) in [5.41, 5.74) is 7.95. The molecule has 2 aromatic carbocycles. The van der Waals surface area contributed by atoms with Gasteiger partial charge in [-0.05, 0) is 87.5 Å². The molecule has 5 rings (SSSR count). The molecule has 0 spiro atoms. The third-order valence-electron chi connectivity index (χ3n) is 6.94. The van der Waals surface area contributed by atoms with Crippen LogP contribution < -0.4 is 10.7 Å². The molecule has 0 saturated heterocycles. The topological polar surface area (TPSA) is 41.4 Å². The van der Waals surface area contributed by atoms with E-state index >= 15 is 0 Å². The van der Waals surface area contributed by atoms with Gasteiger partial charge in [-0.1, -0.05) is 24.3 Å². The number of aromatic nitrogens is 1. The van der Waals surface area contributed by atoms with Crippen molar-refractivity contribution in [1.82, 2.24) is 9.88 Å². The molecule has 3 heterocycles. The Bertz CT molecular complexity index is 1220. The first kappa shape index (κ1) is 22.7. The highest BCUT2D eigenvalue weighted by Gasteiger charge is 2.34. The highest BCUT2D eigenvalue weighted by molar-refractivity contribution is 5.95. The van der Waals surface area contributed by atoms with Crippen molar-refractivity contribution in [3.05, 3.63) is 77.5 Å². The van der Waals surface area contributed by atoms with Crippen molar-refractivity contribution >= 4 is 22.3 Å². The molecule has 2 aliphatic heterocycles. The summed E-state index contributed by atoms with van der Waals surface area (Å²) in [6.45, 7) is 2.98. The zero-order valence-electron chi connectivity index (χ0n) is 19.2. The van der Waals surface area contributed by atoms with Gasteiger partial charge in [0.1, 0.15) is 0 Å². The summed E-state index contributed by atoms with van der Waals surface area (Å²) in [7, 11) is 0. The third kappa shape index (κ3) is 4.37. The Kier molecular flexibility index (Phi) is 6.21. The zero-order valence-corrected chi connectivity index (χ0v) is 19.2. The predicted octanol–water partition coefficient (Wildman–Crippen LogP) is 7.01. The molecule has 0 radical (unpaired) electrons. The minimum absolute atomic E-state index is 0.395. The molecule has 0 amide bonds. The van der Waals surface area contributed by atoms with Crippen LogP contribution in [-0.4, -0.2) is 16.8 Å². The molecule has 7 heteroatoms. The van der Waals surface area contributed by atoms with Gasteiger partial charge in [0.15, 0.2) is 0 Å². The van der Waals surface area contributed by atoms with Gasteiger partial charge in [0, 0.05) is 28.7 Å². The largest absolute Gasteiger partial charge is 0.416 e. The first-order chi connectivity index (χ1) is 16.5. The number of halogens is 3. The van der Waals surface area contributed by atoms with Crippen LogP contribution in [0.4, 0.5) is 18.9 Å². The lowest BCUT2D eigenvalue weighted by Crippen LogP contribution is -2.35. The Morgan fingerprint density at radius 3 is 2.71 bits per heavy atom. The zero-order chi connectivity index (χ0) is 23.7. The van der Waals surface area contributed by atoms with Crippen LogP contribution in [0.25, 0.3) is 10.9 Å². The minimum Gasteiger partial charge on any atom is -0.340 e. The van der Waals surface area contributed by atoms with Crippen LogP contribution in [0.3, 0.4) is 0 Å². The SMILES string of the molecule is C/C=C\C(CC[C@@H]1CC[C@@H]2NCCc3c2n1c1ccccc31)=N/Nc1ccc(C(F)(F)F)cc1. The molecular weight excluding hydrogens is 437 g/mol. The van der Waals surface area contributed by atoms with E-state index in [0.717, 1.165) is 56.5 Å². The number of hydrogen-bond donors (Lipinski definition) is 2. The molecule has 0 bridgehead atoms. The standard InChI is InChI=1S/C27H29F3N4/c1-2-5-19(32-33-20-10-8-18(9-11-20)27(28,29)30)12-13-21-14-15-24-26-23(16-17-31-24)22-6-3-4-7-25(22)34(21)26/h2-11,21,24,31,33H,12-17H2,1H3/b5-2-,32-19+/t21-,24+/m1/s1. The molecule has 0 unspecified atom stereocenters. The number of rotatable bonds is 6.